The molecule has 7 heteroatoms. The zero-order valence-corrected chi connectivity index (χ0v) is 15.7. The highest BCUT2D eigenvalue weighted by Crippen LogP contribution is 2.28. The first-order chi connectivity index (χ1) is 11.8. The number of sulfonamides is 1. The summed E-state index contributed by atoms with van der Waals surface area (Å²) in [6.45, 7) is 6.88. The Bertz CT molecular complexity index is 817. The zero-order valence-electron chi connectivity index (χ0n) is 14.9. The van der Waals surface area contributed by atoms with Crippen LogP contribution in [0.25, 0.3) is 5.69 Å². The molecule has 0 bridgehead atoms. The minimum atomic E-state index is -3.66. The monoisotopic (exact) mass is 363 g/mol. The molecule has 136 valence electrons. The van der Waals surface area contributed by atoms with Gasteiger partial charge in [0, 0.05) is 18.6 Å². The van der Waals surface area contributed by atoms with Crippen LogP contribution in [0.2, 0.25) is 0 Å². The van der Waals surface area contributed by atoms with Crippen molar-refractivity contribution in [2.45, 2.75) is 50.0 Å². The third-order valence-corrected chi connectivity index (χ3v) is 5.65. The summed E-state index contributed by atoms with van der Waals surface area (Å²) in [4.78, 5) is 0.224. The fourth-order valence-electron chi connectivity index (χ4n) is 2.87. The lowest BCUT2D eigenvalue weighted by Gasteiger charge is -2.18. The van der Waals surface area contributed by atoms with Gasteiger partial charge in [-0.25, -0.2) is 17.8 Å². The molecule has 1 aliphatic rings. The van der Waals surface area contributed by atoms with E-state index in [0.717, 1.165) is 18.5 Å². The van der Waals surface area contributed by atoms with Gasteiger partial charge in [-0.1, -0.05) is 39.0 Å². The van der Waals surface area contributed by atoms with E-state index in [1.165, 1.54) is 0 Å². The number of rotatable bonds is 5. The van der Waals surface area contributed by atoms with Crippen molar-refractivity contribution in [3.05, 3.63) is 42.2 Å². The molecule has 2 aromatic rings. The predicted molar refractivity (Wildman–Crippen MR) is 96.4 cm³/mol. The van der Waals surface area contributed by atoms with Crippen LogP contribution in [0, 0.1) is 0 Å². The Morgan fingerprint density at radius 2 is 2.00 bits per heavy atom. The van der Waals surface area contributed by atoms with Crippen molar-refractivity contribution in [2.75, 3.05) is 13.2 Å². The van der Waals surface area contributed by atoms with Crippen molar-refractivity contribution >= 4 is 10.0 Å². The summed E-state index contributed by atoms with van der Waals surface area (Å²) >= 11 is 0. The number of nitrogens with one attached hydrogen (secondary N) is 1. The van der Waals surface area contributed by atoms with Gasteiger partial charge in [0.1, 0.15) is 4.90 Å². The number of hydrogen-bond donors (Lipinski definition) is 1. The van der Waals surface area contributed by atoms with E-state index in [2.05, 4.69) is 9.82 Å². The van der Waals surface area contributed by atoms with Gasteiger partial charge in [0.05, 0.1) is 23.7 Å². The Hall–Kier alpha value is -1.70. The molecule has 0 radical (unpaired) electrons. The van der Waals surface area contributed by atoms with Gasteiger partial charge in [-0.05, 0) is 25.0 Å². The molecule has 1 fully saturated rings. The van der Waals surface area contributed by atoms with Crippen molar-refractivity contribution in [1.29, 1.82) is 0 Å². The molecule has 1 aromatic carbocycles. The molecule has 0 aliphatic carbocycles. The van der Waals surface area contributed by atoms with E-state index in [1.807, 2.05) is 51.1 Å². The third-order valence-electron chi connectivity index (χ3n) is 4.23. The van der Waals surface area contributed by atoms with Gasteiger partial charge < -0.3 is 4.74 Å². The molecule has 1 aliphatic heterocycles. The van der Waals surface area contributed by atoms with Gasteiger partial charge in [0.2, 0.25) is 10.0 Å². The third kappa shape index (κ3) is 4.11. The first kappa shape index (κ1) is 18.1. The molecule has 1 aromatic heterocycles. The van der Waals surface area contributed by atoms with Crippen LogP contribution >= 0.6 is 0 Å². The molecule has 25 heavy (non-hydrogen) atoms. The summed E-state index contributed by atoms with van der Waals surface area (Å²) in [5.74, 6) is 0. The summed E-state index contributed by atoms with van der Waals surface area (Å²) < 4.78 is 35.6. The maximum atomic E-state index is 12.9. The second-order valence-electron chi connectivity index (χ2n) is 7.36. The molecule has 3 rings (SSSR count). The highest BCUT2D eigenvalue weighted by molar-refractivity contribution is 7.89. The molecule has 6 nitrogen and oxygen atoms in total. The lowest BCUT2D eigenvalue weighted by Crippen LogP contribution is -2.33. The van der Waals surface area contributed by atoms with Crippen LogP contribution in [0.1, 0.15) is 39.3 Å². The molecule has 0 spiro atoms. The second-order valence-corrected chi connectivity index (χ2v) is 9.09. The van der Waals surface area contributed by atoms with E-state index in [0.29, 0.717) is 18.8 Å². The van der Waals surface area contributed by atoms with Crippen LogP contribution < -0.4 is 4.72 Å². The topological polar surface area (TPSA) is 73.2 Å². The number of para-hydroxylation sites is 1. The van der Waals surface area contributed by atoms with Crippen molar-refractivity contribution in [2.24, 2.45) is 0 Å². The van der Waals surface area contributed by atoms with Gasteiger partial charge in [0.25, 0.3) is 0 Å². The first-order valence-electron chi connectivity index (χ1n) is 8.54. The molecule has 0 amide bonds. The Kier molecular flexibility index (Phi) is 4.99. The predicted octanol–water partition coefficient (Wildman–Crippen LogP) is 2.63. The molecular formula is C18H25N3O3S. The van der Waals surface area contributed by atoms with Gasteiger partial charge in [-0.3, -0.25) is 0 Å². The first-order valence-corrected chi connectivity index (χ1v) is 10.0. The average Bonchev–Trinajstić information content (AvgIpc) is 3.23. The Morgan fingerprint density at radius 1 is 1.28 bits per heavy atom. The minimum absolute atomic E-state index is 0.0444. The number of nitrogens with zero attached hydrogens (tertiary/aromatic N) is 2. The van der Waals surface area contributed by atoms with Crippen molar-refractivity contribution in [1.82, 2.24) is 14.5 Å². The number of ether oxygens (including phenoxy) is 1. The second kappa shape index (κ2) is 6.90. The summed E-state index contributed by atoms with van der Waals surface area (Å²) in [6.07, 6.45) is 3.41. The molecule has 2 heterocycles. The molecule has 1 N–H and O–H groups in total. The van der Waals surface area contributed by atoms with E-state index in [1.54, 1.807) is 10.9 Å². The van der Waals surface area contributed by atoms with Gasteiger partial charge in [-0.15, -0.1) is 0 Å². The SMILES string of the molecule is CC(C)(C)c1nn(-c2ccccc2)cc1S(=O)(=O)NCC1CCCO1. The average molecular weight is 363 g/mol. The largest absolute Gasteiger partial charge is 0.377 e. The molecule has 1 unspecified atom stereocenters. The van der Waals surface area contributed by atoms with Crippen LogP contribution in [-0.2, 0) is 20.2 Å². The van der Waals surface area contributed by atoms with Gasteiger partial charge in [0.15, 0.2) is 0 Å². The van der Waals surface area contributed by atoms with Gasteiger partial charge in [-0.2, -0.15) is 5.10 Å². The van der Waals surface area contributed by atoms with Crippen LogP contribution in [0.3, 0.4) is 0 Å². The van der Waals surface area contributed by atoms with Crippen molar-refractivity contribution in [3.63, 3.8) is 0 Å². The van der Waals surface area contributed by atoms with Crippen LogP contribution in [0.15, 0.2) is 41.4 Å². The lowest BCUT2D eigenvalue weighted by molar-refractivity contribution is 0.114. The maximum Gasteiger partial charge on any atom is 0.244 e. The fraction of sp³-hybridized carbons (Fsp3) is 0.500. The van der Waals surface area contributed by atoms with Crippen molar-refractivity contribution in [3.8, 4) is 5.69 Å². The molecule has 1 atom stereocenters. The molecular weight excluding hydrogens is 338 g/mol. The smallest absolute Gasteiger partial charge is 0.244 e. The lowest BCUT2D eigenvalue weighted by atomic mass is 9.92. The fourth-order valence-corrected chi connectivity index (χ4v) is 4.27. The molecule has 0 saturated carbocycles. The summed E-state index contributed by atoms with van der Waals surface area (Å²) in [6, 6.07) is 9.51. The highest BCUT2D eigenvalue weighted by Gasteiger charge is 2.31. The standard InChI is InChI=1S/C18H25N3O3S/c1-18(2,3)17-16(13-21(20-17)14-8-5-4-6-9-14)25(22,23)19-12-15-10-7-11-24-15/h4-6,8-9,13,15,19H,7,10-12H2,1-3H3. The van der Waals surface area contributed by atoms with Crippen LogP contribution in [0.5, 0.6) is 0 Å². The minimum Gasteiger partial charge on any atom is -0.377 e. The van der Waals surface area contributed by atoms with E-state index < -0.39 is 15.4 Å². The quantitative estimate of drug-likeness (QED) is 0.886. The Balaban J connectivity index is 1.94. The van der Waals surface area contributed by atoms with Crippen LogP contribution in [0.4, 0.5) is 0 Å². The zero-order chi connectivity index (χ0) is 18.1. The van der Waals surface area contributed by atoms with Crippen LogP contribution in [-0.4, -0.2) is 37.5 Å². The maximum absolute atomic E-state index is 12.9. The highest BCUT2D eigenvalue weighted by atomic mass is 32.2. The Morgan fingerprint density at radius 3 is 2.60 bits per heavy atom. The van der Waals surface area contributed by atoms with Gasteiger partial charge >= 0.3 is 0 Å². The number of hydrogen-bond acceptors (Lipinski definition) is 4. The van der Waals surface area contributed by atoms with E-state index in [-0.39, 0.29) is 11.0 Å². The van der Waals surface area contributed by atoms with Crippen molar-refractivity contribution < 1.29 is 13.2 Å². The summed E-state index contributed by atoms with van der Waals surface area (Å²) in [5, 5.41) is 4.56. The Labute approximate surface area is 149 Å². The number of aromatic nitrogens is 2. The summed E-state index contributed by atoms with van der Waals surface area (Å²) in [5.41, 5.74) is 0.985. The number of benzene rings is 1. The molecule has 1 saturated heterocycles. The summed E-state index contributed by atoms with van der Waals surface area (Å²) in [7, 11) is -3.66. The van der Waals surface area contributed by atoms with E-state index >= 15 is 0 Å². The van der Waals surface area contributed by atoms with E-state index in [4.69, 9.17) is 4.74 Å². The van der Waals surface area contributed by atoms with E-state index in [9.17, 15) is 8.42 Å². The normalized spacial score (nSPS) is 18.6.